The van der Waals surface area contributed by atoms with E-state index in [4.69, 9.17) is 14.2 Å². The quantitative estimate of drug-likeness (QED) is 0.0261. The van der Waals surface area contributed by atoms with Gasteiger partial charge in [0, 0.05) is 19.3 Å². The second-order valence-electron chi connectivity index (χ2n) is 20.6. The van der Waals surface area contributed by atoms with E-state index in [0.29, 0.717) is 19.3 Å². The molecule has 74 heavy (non-hydrogen) atoms. The number of carbonyl (C=O) groups excluding carboxylic acids is 3. The molecule has 0 N–H and O–H groups in total. The summed E-state index contributed by atoms with van der Waals surface area (Å²) in [4.78, 5) is 38.3. The summed E-state index contributed by atoms with van der Waals surface area (Å²) in [6.45, 7) is 6.50. The Morgan fingerprint density at radius 2 is 0.541 bits per heavy atom. The Bertz CT molecular complexity index is 1460. The van der Waals surface area contributed by atoms with Crippen LogP contribution in [0.15, 0.2) is 97.2 Å². The average molecular weight is 1030 g/mol. The third-order valence-corrected chi connectivity index (χ3v) is 13.3. The van der Waals surface area contributed by atoms with Crippen LogP contribution in [0.1, 0.15) is 297 Å². The van der Waals surface area contributed by atoms with Crippen LogP contribution in [0.4, 0.5) is 0 Å². The number of hydrogen-bond acceptors (Lipinski definition) is 6. The number of rotatable bonds is 56. The van der Waals surface area contributed by atoms with Crippen molar-refractivity contribution in [2.45, 2.75) is 303 Å². The predicted octanol–water partition coefficient (Wildman–Crippen LogP) is 21.3. The van der Waals surface area contributed by atoms with Gasteiger partial charge in [0.15, 0.2) is 6.10 Å². The minimum Gasteiger partial charge on any atom is -0.462 e. The van der Waals surface area contributed by atoms with Crippen molar-refractivity contribution in [3.05, 3.63) is 97.2 Å². The maximum absolute atomic E-state index is 12.9. The van der Waals surface area contributed by atoms with E-state index in [1.54, 1.807) is 0 Å². The maximum Gasteiger partial charge on any atom is 0.306 e. The second-order valence-corrected chi connectivity index (χ2v) is 20.6. The minimum absolute atomic E-state index is 0.0940. The smallest absolute Gasteiger partial charge is 0.306 e. The van der Waals surface area contributed by atoms with Gasteiger partial charge in [0.2, 0.25) is 0 Å². The number of hydrogen-bond donors (Lipinski definition) is 0. The molecule has 1 atom stereocenters. The molecular formula is C68H116O6. The summed E-state index contributed by atoms with van der Waals surface area (Å²) in [6, 6.07) is 0. The molecule has 0 aliphatic rings. The van der Waals surface area contributed by atoms with E-state index in [1.165, 1.54) is 161 Å². The largest absolute Gasteiger partial charge is 0.462 e. The van der Waals surface area contributed by atoms with Crippen LogP contribution in [0.3, 0.4) is 0 Å². The van der Waals surface area contributed by atoms with Gasteiger partial charge in [-0.1, -0.05) is 279 Å². The molecule has 0 rings (SSSR count). The molecule has 0 aromatic rings. The molecular weight excluding hydrogens is 913 g/mol. The van der Waals surface area contributed by atoms with E-state index in [-0.39, 0.29) is 37.5 Å². The Kier molecular flexibility index (Phi) is 58.8. The van der Waals surface area contributed by atoms with Crippen molar-refractivity contribution in [3.8, 4) is 0 Å². The van der Waals surface area contributed by atoms with Crippen molar-refractivity contribution < 1.29 is 28.6 Å². The molecule has 0 aliphatic carbocycles. The zero-order valence-electron chi connectivity index (χ0n) is 48.6. The second kappa shape index (κ2) is 61.9. The fraction of sp³-hybridized carbons (Fsp3) is 0.721. The lowest BCUT2D eigenvalue weighted by molar-refractivity contribution is -0.167. The Balaban J connectivity index is 4.46. The lowest BCUT2D eigenvalue weighted by Crippen LogP contribution is -2.30. The molecule has 0 amide bonds. The van der Waals surface area contributed by atoms with Gasteiger partial charge in [-0.2, -0.15) is 0 Å². The highest BCUT2D eigenvalue weighted by molar-refractivity contribution is 5.71. The molecule has 0 saturated heterocycles. The Labute approximate surface area is 457 Å². The fourth-order valence-corrected chi connectivity index (χ4v) is 8.66. The van der Waals surface area contributed by atoms with Crippen LogP contribution in [0, 0.1) is 0 Å². The Hall–Kier alpha value is -3.67. The monoisotopic (exact) mass is 1030 g/mol. The summed E-state index contributed by atoms with van der Waals surface area (Å²) in [5, 5.41) is 0. The van der Waals surface area contributed by atoms with Crippen molar-refractivity contribution in [1.29, 1.82) is 0 Å². The van der Waals surface area contributed by atoms with Crippen LogP contribution in [-0.4, -0.2) is 37.2 Å². The maximum atomic E-state index is 12.9. The highest BCUT2D eigenvalue weighted by Gasteiger charge is 2.19. The Morgan fingerprint density at radius 3 is 0.892 bits per heavy atom. The predicted molar refractivity (Wildman–Crippen MR) is 320 cm³/mol. The number of allylic oxidation sites excluding steroid dienone is 16. The van der Waals surface area contributed by atoms with Gasteiger partial charge in [-0.25, -0.2) is 0 Å². The van der Waals surface area contributed by atoms with Crippen LogP contribution >= 0.6 is 0 Å². The molecule has 6 nitrogen and oxygen atoms in total. The van der Waals surface area contributed by atoms with E-state index in [1.807, 2.05) is 0 Å². The minimum atomic E-state index is -0.802. The number of ether oxygens (including phenoxy) is 3. The van der Waals surface area contributed by atoms with Crippen LogP contribution in [0.2, 0.25) is 0 Å². The van der Waals surface area contributed by atoms with Crippen molar-refractivity contribution in [2.75, 3.05) is 13.2 Å². The number of unbranched alkanes of at least 4 members (excludes halogenated alkanes) is 29. The van der Waals surface area contributed by atoms with Crippen LogP contribution in [0.25, 0.3) is 0 Å². The number of carbonyl (C=O) groups is 3. The molecule has 0 bridgehead atoms. The summed E-state index contributed by atoms with van der Waals surface area (Å²) < 4.78 is 16.9. The van der Waals surface area contributed by atoms with Gasteiger partial charge < -0.3 is 14.2 Å². The topological polar surface area (TPSA) is 78.9 Å². The normalized spacial score (nSPS) is 12.7. The van der Waals surface area contributed by atoms with Crippen molar-refractivity contribution >= 4 is 17.9 Å². The molecule has 0 aliphatic heterocycles. The van der Waals surface area contributed by atoms with E-state index in [0.717, 1.165) is 89.9 Å². The summed E-state index contributed by atoms with van der Waals surface area (Å²) in [7, 11) is 0. The molecule has 0 radical (unpaired) electrons. The standard InChI is InChI=1S/C68H116O6/c1-4-7-10-13-16-19-22-25-28-30-32-33-34-35-37-38-40-43-46-49-52-55-58-61-67(70)73-64-65(63-72-66(69)60-57-54-51-48-45-42-27-24-21-18-15-12-9-6-3)74-68(71)62-59-56-53-50-47-44-41-39-36-31-29-26-23-20-17-14-11-8-5-2/h7,10,16,19,25-26,28-29,32-33,35,37,40,43,49,52,65H,4-6,8-9,11-15,17-18,20-24,27,30-31,34,36,38-39,41-42,44-48,50-51,53-64H2,1-3H3/b10-7-,19-16-,28-25-,29-26-,33-32-,37-35-,43-40-,52-49-. The lowest BCUT2D eigenvalue weighted by atomic mass is 10.0. The average Bonchev–Trinajstić information content (AvgIpc) is 3.40. The first-order valence-corrected chi connectivity index (χ1v) is 31.2. The van der Waals surface area contributed by atoms with Gasteiger partial charge in [0.25, 0.3) is 0 Å². The van der Waals surface area contributed by atoms with E-state index >= 15 is 0 Å². The highest BCUT2D eigenvalue weighted by Crippen LogP contribution is 2.16. The Morgan fingerprint density at radius 1 is 0.284 bits per heavy atom. The molecule has 0 aromatic heterocycles. The first-order chi connectivity index (χ1) is 36.5. The third-order valence-electron chi connectivity index (χ3n) is 13.3. The van der Waals surface area contributed by atoms with Gasteiger partial charge in [-0.15, -0.1) is 0 Å². The molecule has 0 fully saturated rings. The van der Waals surface area contributed by atoms with Crippen LogP contribution < -0.4 is 0 Å². The zero-order valence-corrected chi connectivity index (χ0v) is 48.6. The van der Waals surface area contributed by atoms with Gasteiger partial charge in [0.1, 0.15) is 13.2 Å². The van der Waals surface area contributed by atoms with Crippen molar-refractivity contribution in [2.24, 2.45) is 0 Å². The summed E-state index contributed by atoms with van der Waals surface area (Å²) in [5.41, 5.74) is 0. The fourth-order valence-electron chi connectivity index (χ4n) is 8.66. The van der Waals surface area contributed by atoms with Crippen LogP contribution in [-0.2, 0) is 28.6 Å². The molecule has 0 spiro atoms. The third kappa shape index (κ3) is 59.2. The van der Waals surface area contributed by atoms with Gasteiger partial charge >= 0.3 is 17.9 Å². The number of esters is 3. The first-order valence-electron chi connectivity index (χ1n) is 31.2. The molecule has 1 unspecified atom stereocenters. The molecule has 0 saturated carbocycles. The molecule has 0 heterocycles. The summed E-state index contributed by atoms with van der Waals surface area (Å²) in [5.74, 6) is -0.948. The van der Waals surface area contributed by atoms with E-state index in [9.17, 15) is 14.4 Å². The van der Waals surface area contributed by atoms with Gasteiger partial charge in [-0.05, 0) is 96.3 Å². The zero-order chi connectivity index (χ0) is 53.6. The van der Waals surface area contributed by atoms with E-state index < -0.39 is 6.10 Å². The first kappa shape index (κ1) is 70.3. The summed E-state index contributed by atoms with van der Waals surface area (Å²) in [6.07, 6.45) is 82.7. The SMILES string of the molecule is CC/C=C\C/C=C\C/C=C\C/C=C\C/C=C\C/C=C\C/C=C\CCCC(=O)OCC(COC(=O)CCCCCCCCCCCCCCCC)OC(=O)CCCCCCCCCCC/C=C\CCCCCCCC. The van der Waals surface area contributed by atoms with Crippen LogP contribution in [0.5, 0.6) is 0 Å². The van der Waals surface area contributed by atoms with Crippen molar-refractivity contribution in [1.82, 2.24) is 0 Å². The van der Waals surface area contributed by atoms with Crippen molar-refractivity contribution in [3.63, 3.8) is 0 Å². The molecule has 0 aromatic carbocycles. The van der Waals surface area contributed by atoms with Gasteiger partial charge in [-0.3, -0.25) is 14.4 Å². The highest BCUT2D eigenvalue weighted by atomic mass is 16.6. The molecule has 6 heteroatoms. The van der Waals surface area contributed by atoms with E-state index in [2.05, 4.69) is 118 Å². The van der Waals surface area contributed by atoms with Gasteiger partial charge in [0.05, 0.1) is 0 Å². The summed E-state index contributed by atoms with van der Waals surface area (Å²) >= 11 is 0. The molecule has 424 valence electrons. The lowest BCUT2D eigenvalue weighted by Gasteiger charge is -2.18.